The Labute approximate surface area is 196 Å². The number of carbonyl (C=O) groups excluding carboxylic acids is 3. The number of hydrogen-bond donors (Lipinski definition) is 0. The van der Waals surface area contributed by atoms with Crippen molar-refractivity contribution < 1.29 is 28.6 Å². The molecule has 0 radical (unpaired) electrons. The van der Waals surface area contributed by atoms with Crippen molar-refractivity contribution in [2.45, 2.75) is 79.4 Å². The third kappa shape index (κ3) is 6.24. The van der Waals surface area contributed by atoms with Crippen LogP contribution in [0, 0.1) is 0 Å². The van der Waals surface area contributed by atoms with Gasteiger partial charge in [-0.15, -0.1) is 0 Å². The molecule has 0 bridgehead atoms. The van der Waals surface area contributed by atoms with E-state index in [1.807, 2.05) is 30.3 Å². The van der Waals surface area contributed by atoms with E-state index in [1.165, 1.54) is 4.90 Å². The molecule has 180 valence electrons. The number of rotatable bonds is 4. The van der Waals surface area contributed by atoms with Crippen LogP contribution in [0.3, 0.4) is 0 Å². The lowest BCUT2D eigenvalue weighted by Gasteiger charge is -2.37. The van der Waals surface area contributed by atoms with Crippen LogP contribution in [0.2, 0.25) is 0 Å². The van der Waals surface area contributed by atoms with Gasteiger partial charge in [-0.25, -0.2) is 14.4 Å². The van der Waals surface area contributed by atoms with Crippen LogP contribution in [-0.2, 0) is 23.8 Å². The first-order valence-corrected chi connectivity index (χ1v) is 11.1. The Morgan fingerprint density at radius 1 is 0.818 bits per heavy atom. The lowest BCUT2D eigenvalue weighted by Crippen LogP contribution is -2.40. The van der Waals surface area contributed by atoms with E-state index in [9.17, 15) is 14.4 Å². The first-order chi connectivity index (χ1) is 15.2. The number of benzene rings is 1. The third-order valence-electron chi connectivity index (χ3n) is 4.85. The van der Waals surface area contributed by atoms with Gasteiger partial charge < -0.3 is 14.2 Å². The van der Waals surface area contributed by atoms with Gasteiger partial charge in [-0.3, -0.25) is 4.90 Å². The molecule has 1 aromatic carbocycles. The highest BCUT2D eigenvalue weighted by atomic mass is 16.6. The van der Waals surface area contributed by atoms with Gasteiger partial charge in [-0.05, 0) is 67.9 Å². The van der Waals surface area contributed by atoms with E-state index in [0.29, 0.717) is 17.0 Å². The molecule has 0 atom stereocenters. The second kappa shape index (κ2) is 9.81. The van der Waals surface area contributed by atoms with Crippen LogP contribution >= 0.6 is 0 Å². The quantitative estimate of drug-likeness (QED) is 0.440. The molecule has 0 unspecified atom stereocenters. The van der Waals surface area contributed by atoms with Crippen molar-refractivity contribution in [1.29, 1.82) is 0 Å². The van der Waals surface area contributed by atoms with Crippen molar-refractivity contribution >= 4 is 18.0 Å². The minimum Gasteiger partial charge on any atom is -0.457 e. The molecule has 1 aliphatic rings. The summed E-state index contributed by atoms with van der Waals surface area (Å²) in [6.45, 7) is 15.7. The van der Waals surface area contributed by atoms with E-state index < -0.39 is 35.2 Å². The first kappa shape index (κ1) is 26.2. The number of hydrogen-bond acceptors (Lipinski definition) is 6. The molecular formula is C26H35NO6. The monoisotopic (exact) mass is 457 g/mol. The number of amides is 1. The average molecular weight is 458 g/mol. The summed E-state index contributed by atoms with van der Waals surface area (Å²) in [5.41, 5.74) is 0.237. The van der Waals surface area contributed by atoms with Gasteiger partial charge in [-0.2, -0.15) is 0 Å². The molecule has 0 aromatic heterocycles. The Kier molecular flexibility index (Phi) is 7.78. The average Bonchev–Trinajstić information content (AvgIpc) is 2.65. The fourth-order valence-electron chi connectivity index (χ4n) is 3.69. The Balaban J connectivity index is 2.83. The maximum Gasteiger partial charge on any atom is 0.418 e. The molecular weight excluding hydrogens is 422 g/mol. The Bertz CT molecular complexity index is 924. The van der Waals surface area contributed by atoms with Crippen LogP contribution in [-0.4, -0.2) is 40.7 Å². The predicted molar refractivity (Wildman–Crippen MR) is 125 cm³/mol. The summed E-state index contributed by atoms with van der Waals surface area (Å²) in [6.07, 6.45) is -0.680. The Morgan fingerprint density at radius 3 is 1.61 bits per heavy atom. The maximum atomic E-state index is 13.5. The van der Waals surface area contributed by atoms with E-state index in [4.69, 9.17) is 14.2 Å². The number of allylic oxidation sites excluding steroid dienone is 2. The highest BCUT2D eigenvalue weighted by Gasteiger charge is 2.44. The van der Waals surface area contributed by atoms with Crippen LogP contribution in [0.5, 0.6) is 0 Å². The third-order valence-corrected chi connectivity index (χ3v) is 4.85. The van der Waals surface area contributed by atoms with Gasteiger partial charge in [0.2, 0.25) is 0 Å². The summed E-state index contributed by atoms with van der Waals surface area (Å²) in [5, 5.41) is 0. The molecule has 0 N–H and O–H groups in total. The van der Waals surface area contributed by atoms with E-state index in [0.717, 1.165) is 0 Å². The van der Waals surface area contributed by atoms with Crippen LogP contribution in [0.15, 0.2) is 52.9 Å². The normalized spacial score (nSPS) is 15.5. The molecule has 1 aliphatic heterocycles. The fourth-order valence-corrected chi connectivity index (χ4v) is 3.69. The zero-order chi connectivity index (χ0) is 25.1. The summed E-state index contributed by atoms with van der Waals surface area (Å²) in [4.78, 5) is 41.1. The molecule has 33 heavy (non-hydrogen) atoms. The molecule has 0 aliphatic carbocycles. The van der Waals surface area contributed by atoms with Gasteiger partial charge in [0.1, 0.15) is 11.2 Å². The number of nitrogens with zero attached hydrogens (tertiary/aromatic N) is 1. The van der Waals surface area contributed by atoms with Crippen molar-refractivity contribution in [3.05, 3.63) is 58.4 Å². The van der Waals surface area contributed by atoms with Crippen molar-refractivity contribution in [2.24, 2.45) is 0 Å². The predicted octanol–water partition coefficient (Wildman–Crippen LogP) is 5.47. The van der Waals surface area contributed by atoms with Crippen LogP contribution in [0.1, 0.15) is 73.8 Å². The van der Waals surface area contributed by atoms with Crippen molar-refractivity contribution in [1.82, 2.24) is 4.90 Å². The molecule has 0 fully saturated rings. The molecule has 7 heteroatoms. The molecule has 1 heterocycles. The number of carbonyl (C=O) groups is 3. The van der Waals surface area contributed by atoms with Gasteiger partial charge >= 0.3 is 18.0 Å². The van der Waals surface area contributed by atoms with Gasteiger partial charge in [0, 0.05) is 11.4 Å². The van der Waals surface area contributed by atoms with Crippen molar-refractivity contribution in [2.75, 3.05) is 6.61 Å². The molecule has 7 nitrogen and oxygen atoms in total. The number of ether oxygens (including phenoxy) is 3. The van der Waals surface area contributed by atoms with Gasteiger partial charge in [0.25, 0.3) is 0 Å². The van der Waals surface area contributed by atoms with E-state index in [2.05, 4.69) is 0 Å². The van der Waals surface area contributed by atoms with Crippen molar-refractivity contribution in [3.63, 3.8) is 0 Å². The summed E-state index contributed by atoms with van der Waals surface area (Å²) in [6, 6.07) is 9.18. The molecule has 1 aromatic rings. The Hall–Kier alpha value is -3.09. The second-order valence-electron chi connectivity index (χ2n) is 9.88. The van der Waals surface area contributed by atoms with E-state index in [-0.39, 0.29) is 17.8 Å². The van der Waals surface area contributed by atoms with Crippen LogP contribution < -0.4 is 0 Å². The maximum absolute atomic E-state index is 13.5. The van der Waals surface area contributed by atoms with Gasteiger partial charge in [0.15, 0.2) is 0 Å². The smallest absolute Gasteiger partial charge is 0.418 e. The Morgan fingerprint density at radius 2 is 1.24 bits per heavy atom. The van der Waals surface area contributed by atoms with Crippen LogP contribution in [0.25, 0.3) is 0 Å². The summed E-state index contributed by atoms with van der Waals surface area (Å²) >= 11 is 0. The lowest BCUT2D eigenvalue weighted by molar-refractivity contribution is -0.151. The molecule has 0 saturated carbocycles. The minimum absolute atomic E-state index is 0.140. The highest BCUT2D eigenvalue weighted by molar-refractivity contribution is 6.01. The van der Waals surface area contributed by atoms with Gasteiger partial charge in [0.05, 0.1) is 23.7 Å². The molecule has 2 rings (SSSR count). The molecule has 1 amide bonds. The van der Waals surface area contributed by atoms with E-state index >= 15 is 0 Å². The second-order valence-corrected chi connectivity index (χ2v) is 9.88. The van der Waals surface area contributed by atoms with Crippen LogP contribution in [0.4, 0.5) is 4.79 Å². The zero-order valence-corrected chi connectivity index (χ0v) is 21.1. The fraction of sp³-hybridized carbons (Fsp3) is 0.500. The first-order valence-electron chi connectivity index (χ1n) is 11.1. The van der Waals surface area contributed by atoms with Crippen molar-refractivity contribution in [3.8, 4) is 0 Å². The highest BCUT2D eigenvalue weighted by Crippen LogP contribution is 2.43. The zero-order valence-electron chi connectivity index (χ0n) is 21.1. The molecule has 0 saturated heterocycles. The topological polar surface area (TPSA) is 82.1 Å². The van der Waals surface area contributed by atoms with E-state index in [1.54, 1.807) is 62.3 Å². The minimum atomic E-state index is -0.776. The summed E-state index contributed by atoms with van der Waals surface area (Å²) in [5.74, 6) is -2.00. The van der Waals surface area contributed by atoms with Gasteiger partial charge in [-0.1, -0.05) is 30.3 Å². The largest absolute Gasteiger partial charge is 0.457 e. The summed E-state index contributed by atoms with van der Waals surface area (Å²) < 4.78 is 16.6. The SMILES string of the molecule is CCOC(=O)N1C(C)=C(C(=O)OC(C)(C)C)C(c2ccccc2)C(C(=O)OC(C)(C)C)=C1C. The summed E-state index contributed by atoms with van der Waals surface area (Å²) in [7, 11) is 0. The number of esters is 2. The standard InChI is InChI=1S/C26H35NO6/c1-10-31-24(30)27-16(2)19(22(28)32-25(4,5)6)21(18-14-12-11-13-15-18)20(17(27)3)23(29)33-26(7,8)9/h11-15,21H,10H2,1-9H3. The lowest BCUT2D eigenvalue weighted by atomic mass is 9.79. The molecule has 0 spiro atoms.